The van der Waals surface area contributed by atoms with Gasteiger partial charge in [-0.05, 0) is 39.0 Å². The van der Waals surface area contributed by atoms with Crippen molar-refractivity contribution in [2.75, 3.05) is 10.6 Å². The van der Waals surface area contributed by atoms with Gasteiger partial charge in [-0.2, -0.15) is 0 Å². The largest absolute Gasteiger partial charge is 0.478 e. The van der Waals surface area contributed by atoms with Crippen LogP contribution in [-0.4, -0.2) is 23.7 Å². The van der Waals surface area contributed by atoms with Crippen molar-refractivity contribution in [2.24, 2.45) is 0 Å². The molecule has 1 heterocycles. The van der Waals surface area contributed by atoms with Crippen LogP contribution in [0.2, 0.25) is 0 Å². The van der Waals surface area contributed by atoms with E-state index in [1.54, 1.807) is 6.92 Å². The Morgan fingerprint density at radius 3 is 2.04 bits per heavy atom. The number of carboxylic acids is 1. The number of anilines is 2. The van der Waals surface area contributed by atoms with E-state index >= 15 is 0 Å². The number of nitrogens with one attached hydrogen (secondary N) is 2. The lowest BCUT2D eigenvalue weighted by Gasteiger charge is -2.32. The van der Waals surface area contributed by atoms with Crippen molar-refractivity contribution < 1.29 is 19.4 Å². The van der Waals surface area contributed by atoms with E-state index in [4.69, 9.17) is 14.6 Å². The summed E-state index contributed by atoms with van der Waals surface area (Å²) in [5.74, 6) is -0.979. The maximum atomic E-state index is 10.8. The van der Waals surface area contributed by atoms with Gasteiger partial charge >= 0.3 is 5.97 Å². The van der Waals surface area contributed by atoms with Gasteiger partial charge in [0.2, 0.25) is 0 Å². The smallest absolute Gasteiger partial charge is 0.330 e. The second kappa shape index (κ2) is 7.59. The maximum Gasteiger partial charge on any atom is 0.330 e. The molecule has 0 spiro atoms. The minimum absolute atomic E-state index is 0.155. The van der Waals surface area contributed by atoms with Gasteiger partial charge in [-0.15, -0.1) is 0 Å². The van der Waals surface area contributed by atoms with Crippen LogP contribution < -0.4 is 10.6 Å². The summed E-state index contributed by atoms with van der Waals surface area (Å²) in [5, 5.41) is 17.4. The summed E-state index contributed by atoms with van der Waals surface area (Å²) in [6.07, 6.45) is 2.57. The lowest BCUT2D eigenvalue weighted by molar-refractivity contribution is -0.354. The first kappa shape index (κ1) is 18.0. The molecule has 6 heteroatoms. The van der Waals surface area contributed by atoms with Crippen LogP contribution in [0.3, 0.4) is 0 Å². The summed E-state index contributed by atoms with van der Waals surface area (Å²) in [5.41, 5.74) is 3.29. The van der Waals surface area contributed by atoms with E-state index in [2.05, 4.69) is 10.6 Å². The van der Waals surface area contributed by atoms with Crippen molar-refractivity contribution in [3.63, 3.8) is 0 Å². The fourth-order valence-corrected chi connectivity index (χ4v) is 2.89. The maximum absolute atomic E-state index is 10.8. The topological polar surface area (TPSA) is 79.8 Å². The standard InChI is InChI=1S/C20H22N2O4/c1-12(10-19(23)24)21-17-8-4-7-16-15(17)6-5-9-18(16)22-13(2)11-20-25-14(3)26-20/h4-11,14,20-22H,1-3H3,(H,23,24)/b12-10+,13-11+. The molecule has 1 aliphatic rings. The molecule has 0 aliphatic carbocycles. The van der Waals surface area contributed by atoms with Gasteiger partial charge in [-0.3, -0.25) is 0 Å². The van der Waals surface area contributed by atoms with Crippen molar-refractivity contribution in [1.82, 2.24) is 0 Å². The summed E-state index contributed by atoms with van der Waals surface area (Å²) in [7, 11) is 0. The molecule has 136 valence electrons. The highest BCUT2D eigenvalue weighted by Crippen LogP contribution is 2.31. The van der Waals surface area contributed by atoms with Gasteiger partial charge in [0.1, 0.15) is 0 Å². The molecule has 0 radical (unpaired) electrons. The first-order valence-electron chi connectivity index (χ1n) is 8.39. The molecule has 1 fully saturated rings. The van der Waals surface area contributed by atoms with Crippen molar-refractivity contribution in [1.29, 1.82) is 0 Å². The fraction of sp³-hybridized carbons (Fsp3) is 0.250. The Kier molecular flexibility index (Phi) is 5.25. The second-order valence-corrected chi connectivity index (χ2v) is 6.18. The third-order valence-electron chi connectivity index (χ3n) is 3.96. The number of hydrogen-bond acceptors (Lipinski definition) is 5. The Bertz CT molecular complexity index is 883. The van der Waals surface area contributed by atoms with Gasteiger partial charge in [0.05, 0.1) is 0 Å². The van der Waals surface area contributed by atoms with E-state index in [1.165, 1.54) is 0 Å². The molecular formula is C20H22N2O4. The third-order valence-corrected chi connectivity index (χ3v) is 3.96. The van der Waals surface area contributed by atoms with E-state index < -0.39 is 5.97 Å². The normalized spacial score (nSPS) is 20.6. The first-order valence-corrected chi connectivity index (χ1v) is 8.39. The molecule has 26 heavy (non-hydrogen) atoms. The molecule has 2 aromatic carbocycles. The van der Waals surface area contributed by atoms with E-state index in [-0.39, 0.29) is 12.6 Å². The highest BCUT2D eigenvalue weighted by Gasteiger charge is 2.24. The predicted octanol–water partition coefficient (Wildman–Crippen LogP) is 4.27. The van der Waals surface area contributed by atoms with E-state index in [1.807, 2.05) is 56.3 Å². The fourth-order valence-electron chi connectivity index (χ4n) is 2.89. The highest BCUT2D eigenvalue weighted by atomic mass is 16.9. The van der Waals surface area contributed by atoms with Crippen LogP contribution in [0.4, 0.5) is 11.4 Å². The Balaban J connectivity index is 1.86. The lowest BCUT2D eigenvalue weighted by Crippen LogP contribution is -2.37. The number of carbonyl (C=O) groups is 1. The first-order chi connectivity index (χ1) is 12.4. The van der Waals surface area contributed by atoms with Crippen LogP contribution in [0.1, 0.15) is 20.8 Å². The van der Waals surface area contributed by atoms with Gasteiger partial charge in [0, 0.05) is 39.6 Å². The molecule has 3 rings (SSSR count). The molecule has 1 saturated heterocycles. The summed E-state index contributed by atoms with van der Waals surface area (Å²) < 4.78 is 10.9. The molecule has 0 atom stereocenters. The number of carboxylic acid groups (broad SMARTS) is 1. The monoisotopic (exact) mass is 354 g/mol. The molecule has 0 unspecified atom stereocenters. The van der Waals surface area contributed by atoms with Crippen LogP contribution >= 0.6 is 0 Å². The minimum atomic E-state index is -0.979. The van der Waals surface area contributed by atoms with Gasteiger partial charge < -0.3 is 25.2 Å². The van der Waals surface area contributed by atoms with Crippen molar-refractivity contribution in [3.8, 4) is 0 Å². The van der Waals surface area contributed by atoms with E-state index in [0.717, 1.165) is 33.9 Å². The quantitative estimate of drug-likeness (QED) is 0.672. The summed E-state index contributed by atoms with van der Waals surface area (Å²) in [6.45, 7) is 5.53. The van der Waals surface area contributed by atoms with Crippen molar-refractivity contribution in [3.05, 3.63) is 59.9 Å². The van der Waals surface area contributed by atoms with Crippen LogP contribution in [0.25, 0.3) is 10.8 Å². The van der Waals surface area contributed by atoms with Crippen LogP contribution in [0, 0.1) is 0 Å². The Morgan fingerprint density at radius 1 is 1.00 bits per heavy atom. The molecule has 3 N–H and O–H groups in total. The van der Waals surface area contributed by atoms with Crippen molar-refractivity contribution >= 4 is 28.1 Å². The van der Waals surface area contributed by atoms with Crippen LogP contribution in [0.15, 0.2) is 59.9 Å². The Labute approximate surface area is 152 Å². The SMILES string of the molecule is C/C(=C\C(=O)O)Nc1cccc2c(N/C(C)=C/C3OC(C)O3)cccc12. The summed E-state index contributed by atoms with van der Waals surface area (Å²) >= 11 is 0. The molecule has 1 aliphatic heterocycles. The average molecular weight is 354 g/mol. The summed E-state index contributed by atoms with van der Waals surface area (Å²) in [4.78, 5) is 10.8. The molecule has 0 amide bonds. The number of benzene rings is 2. The van der Waals surface area contributed by atoms with Crippen molar-refractivity contribution in [2.45, 2.75) is 33.4 Å². The highest BCUT2D eigenvalue weighted by molar-refractivity contribution is 6.02. The Morgan fingerprint density at radius 2 is 1.54 bits per heavy atom. The average Bonchev–Trinajstić information content (AvgIpc) is 2.53. The zero-order valence-corrected chi connectivity index (χ0v) is 14.9. The zero-order valence-electron chi connectivity index (χ0n) is 14.9. The molecule has 0 bridgehead atoms. The van der Waals surface area contributed by atoms with Gasteiger partial charge in [-0.25, -0.2) is 4.79 Å². The van der Waals surface area contributed by atoms with Gasteiger partial charge in [0.15, 0.2) is 12.6 Å². The number of hydrogen-bond donors (Lipinski definition) is 3. The molecular weight excluding hydrogens is 332 g/mol. The number of rotatable bonds is 6. The van der Waals surface area contributed by atoms with Gasteiger partial charge in [0.25, 0.3) is 0 Å². The summed E-state index contributed by atoms with van der Waals surface area (Å²) in [6, 6.07) is 11.8. The molecule has 6 nitrogen and oxygen atoms in total. The number of allylic oxidation sites excluding steroid dienone is 2. The molecule has 2 aromatic rings. The predicted molar refractivity (Wildman–Crippen MR) is 102 cm³/mol. The minimum Gasteiger partial charge on any atom is -0.478 e. The Hall–Kier alpha value is -2.83. The lowest BCUT2D eigenvalue weighted by atomic mass is 10.1. The zero-order chi connectivity index (χ0) is 18.7. The third kappa shape index (κ3) is 4.22. The van der Waals surface area contributed by atoms with Crippen LogP contribution in [0.5, 0.6) is 0 Å². The number of ether oxygens (including phenoxy) is 2. The van der Waals surface area contributed by atoms with Crippen LogP contribution in [-0.2, 0) is 14.3 Å². The van der Waals surface area contributed by atoms with E-state index in [9.17, 15) is 4.79 Å². The molecule has 0 saturated carbocycles. The van der Waals surface area contributed by atoms with E-state index in [0.29, 0.717) is 5.70 Å². The molecule has 0 aromatic heterocycles. The second-order valence-electron chi connectivity index (χ2n) is 6.18. The number of fused-ring (bicyclic) bond motifs is 1. The number of aliphatic carboxylic acids is 1. The van der Waals surface area contributed by atoms with Gasteiger partial charge in [-0.1, -0.05) is 24.3 Å².